The third kappa shape index (κ3) is 6.92. The molecule has 5 heteroatoms. The Kier molecular flexibility index (Phi) is 8.82. The average molecular weight is 332 g/mol. The van der Waals surface area contributed by atoms with Gasteiger partial charge in [-0.15, -0.1) is 0 Å². The standard InChI is InChI=1S/C14H22BrNO3/c1-16-11-12-10-13(4-5-14(12)15)19-9-8-18-7-3-6-17-2/h4-5,10,16H,3,6-9,11H2,1-2H3. The first-order valence-electron chi connectivity index (χ1n) is 6.40. The molecule has 1 aromatic rings. The fourth-order valence-electron chi connectivity index (χ4n) is 1.59. The predicted octanol–water partition coefficient (Wildman–Crippen LogP) is 2.60. The van der Waals surface area contributed by atoms with Gasteiger partial charge in [-0.2, -0.15) is 0 Å². The molecule has 4 nitrogen and oxygen atoms in total. The molecule has 19 heavy (non-hydrogen) atoms. The maximum Gasteiger partial charge on any atom is 0.119 e. The van der Waals surface area contributed by atoms with Crippen molar-refractivity contribution in [2.24, 2.45) is 0 Å². The summed E-state index contributed by atoms with van der Waals surface area (Å²) in [5.41, 5.74) is 1.18. The van der Waals surface area contributed by atoms with Gasteiger partial charge in [0.25, 0.3) is 0 Å². The van der Waals surface area contributed by atoms with Crippen molar-refractivity contribution in [1.82, 2.24) is 5.32 Å². The Bertz CT molecular complexity index is 361. The average Bonchev–Trinajstić information content (AvgIpc) is 2.41. The van der Waals surface area contributed by atoms with E-state index in [0.717, 1.165) is 29.8 Å². The molecule has 0 bridgehead atoms. The second-order valence-corrected chi connectivity index (χ2v) is 4.95. The lowest BCUT2D eigenvalue weighted by Gasteiger charge is -2.10. The first kappa shape index (κ1) is 16.4. The number of nitrogens with one attached hydrogen (secondary N) is 1. The molecule has 0 aliphatic rings. The summed E-state index contributed by atoms with van der Waals surface area (Å²) < 4.78 is 17.1. The number of hydrogen-bond donors (Lipinski definition) is 1. The molecule has 0 amide bonds. The number of methoxy groups -OCH3 is 1. The highest BCUT2D eigenvalue weighted by Gasteiger charge is 2.01. The monoisotopic (exact) mass is 331 g/mol. The van der Waals surface area contributed by atoms with Gasteiger partial charge in [-0.1, -0.05) is 15.9 Å². The molecule has 0 radical (unpaired) electrons. The molecule has 0 fully saturated rings. The quantitative estimate of drug-likeness (QED) is 0.669. The van der Waals surface area contributed by atoms with Crippen molar-refractivity contribution in [2.75, 3.05) is 40.6 Å². The van der Waals surface area contributed by atoms with E-state index in [1.54, 1.807) is 7.11 Å². The topological polar surface area (TPSA) is 39.7 Å². The minimum absolute atomic E-state index is 0.563. The number of ether oxygens (including phenoxy) is 3. The molecule has 108 valence electrons. The first-order valence-corrected chi connectivity index (χ1v) is 7.19. The fourth-order valence-corrected chi connectivity index (χ4v) is 1.98. The molecule has 0 saturated carbocycles. The Morgan fingerprint density at radius 1 is 1.16 bits per heavy atom. The Labute approximate surface area is 123 Å². The predicted molar refractivity (Wildman–Crippen MR) is 79.7 cm³/mol. The van der Waals surface area contributed by atoms with Crippen LogP contribution in [0.2, 0.25) is 0 Å². The van der Waals surface area contributed by atoms with E-state index in [4.69, 9.17) is 14.2 Å². The Morgan fingerprint density at radius 3 is 2.74 bits per heavy atom. The highest BCUT2D eigenvalue weighted by atomic mass is 79.9. The zero-order chi connectivity index (χ0) is 13.9. The fraction of sp³-hybridized carbons (Fsp3) is 0.571. The number of benzene rings is 1. The molecule has 0 aliphatic carbocycles. The van der Waals surface area contributed by atoms with Crippen LogP contribution in [0.15, 0.2) is 22.7 Å². The molecule has 1 rings (SSSR count). The van der Waals surface area contributed by atoms with Crippen molar-refractivity contribution in [3.8, 4) is 5.75 Å². The lowest BCUT2D eigenvalue weighted by Crippen LogP contribution is -2.09. The summed E-state index contributed by atoms with van der Waals surface area (Å²) in [5.74, 6) is 0.869. The molecule has 0 unspecified atom stereocenters. The van der Waals surface area contributed by atoms with Gasteiger partial charge in [-0.05, 0) is 37.2 Å². The summed E-state index contributed by atoms with van der Waals surface area (Å²) in [4.78, 5) is 0. The highest BCUT2D eigenvalue weighted by molar-refractivity contribution is 9.10. The van der Waals surface area contributed by atoms with E-state index in [0.29, 0.717) is 19.8 Å². The van der Waals surface area contributed by atoms with E-state index >= 15 is 0 Å². The van der Waals surface area contributed by atoms with Crippen LogP contribution in [0.5, 0.6) is 5.75 Å². The minimum Gasteiger partial charge on any atom is -0.491 e. The molecule has 0 aliphatic heterocycles. The van der Waals surface area contributed by atoms with Gasteiger partial charge in [0.2, 0.25) is 0 Å². The van der Waals surface area contributed by atoms with Crippen LogP contribution >= 0.6 is 15.9 Å². The van der Waals surface area contributed by atoms with Crippen LogP contribution in [0.4, 0.5) is 0 Å². The van der Waals surface area contributed by atoms with Crippen molar-refractivity contribution < 1.29 is 14.2 Å². The summed E-state index contributed by atoms with van der Waals surface area (Å²) in [7, 11) is 3.62. The zero-order valence-corrected chi connectivity index (χ0v) is 13.2. The van der Waals surface area contributed by atoms with Gasteiger partial charge < -0.3 is 19.5 Å². The van der Waals surface area contributed by atoms with Crippen molar-refractivity contribution in [1.29, 1.82) is 0 Å². The molecule has 1 aromatic carbocycles. The van der Waals surface area contributed by atoms with Crippen LogP contribution in [-0.4, -0.2) is 40.6 Å². The van der Waals surface area contributed by atoms with Gasteiger partial charge in [0.1, 0.15) is 12.4 Å². The van der Waals surface area contributed by atoms with Crippen molar-refractivity contribution >= 4 is 15.9 Å². The molecule has 1 N–H and O–H groups in total. The van der Waals surface area contributed by atoms with Gasteiger partial charge in [-0.3, -0.25) is 0 Å². The molecule has 0 spiro atoms. The van der Waals surface area contributed by atoms with Gasteiger partial charge >= 0.3 is 0 Å². The third-order valence-electron chi connectivity index (χ3n) is 2.52. The van der Waals surface area contributed by atoms with Crippen LogP contribution < -0.4 is 10.1 Å². The van der Waals surface area contributed by atoms with Crippen LogP contribution in [0.3, 0.4) is 0 Å². The molecular weight excluding hydrogens is 310 g/mol. The molecule has 0 aromatic heterocycles. The number of halogens is 1. The third-order valence-corrected chi connectivity index (χ3v) is 3.29. The Balaban J connectivity index is 2.23. The maximum absolute atomic E-state index is 5.65. The van der Waals surface area contributed by atoms with Gasteiger partial charge in [-0.25, -0.2) is 0 Å². The summed E-state index contributed by atoms with van der Waals surface area (Å²) in [6, 6.07) is 5.99. The smallest absolute Gasteiger partial charge is 0.119 e. The van der Waals surface area contributed by atoms with Gasteiger partial charge in [0, 0.05) is 31.3 Å². The van der Waals surface area contributed by atoms with Crippen LogP contribution in [0.25, 0.3) is 0 Å². The van der Waals surface area contributed by atoms with Gasteiger partial charge in [0.15, 0.2) is 0 Å². The van der Waals surface area contributed by atoms with Crippen LogP contribution in [0.1, 0.15) is 12.0 Å². The van der Waals surface area contributed by atoms with Crippen molar-refractivity contribution in [3.63, 3.8) is 0 Å². The van der Waals surface area contributed by atoms with Crippen LogP contribution in [0, 0.1) is 0 Å². The Hall–Kier alpha value is -0.620. The summed E-state index contributed by atoms with van der Waals surface area (Å²) in [6.07, 6.45) is 0.918. The van der Waals surface area contributed by atoms with E-state index in [2.05, 4.69) is 21.2 Å². The minimum atomic E-state index is 0.563. The lowest BCUT2D eigenvalue weighted by molar-refractivity contribution is 0.0806. The Morgan fingerprint density at radius 2 is 2.00 bits per heavy atom. The van der Waals surface area contributed by atoms with E-state index in [9.17, 15) is 0 Å². The lowest BCUT2D eigenvalue weighted by atomic mass is 10.2. The largest absolute Gasteiger partial charge is 0.491 e. The van der Waals surface area contributed by atoms with E-state index in [-0.39, 0.29) is 0 Å². The highest BCUT2D eigenvalue weighted by Crippen LogP contribution is 2.22. The summed E-state index contributed by atoms with van der Waals surface area (Å²) in [5, 5.41) is 3.13. The number of hydrogen-bond acceptors (Lipinski definition) is 4. The summed E-state index contributed by atoms with van der Waals surface area (Å²) in [6.45, 7) is 3.42. The van der Waals surface area contributed by atoms with Crippen molar-refractivity contribution in [3.05, 3.63) is 28.2 Å². The first-order chi connectivity index (χ1) is 9.27. The van der Waals surface area contributed by atoms with Gasteiger partial charge in [0.05, 0.1) is 6.61 Å². The van der Waals surface area contributed by atoms with E-state index in [1.165, 1.54) is 5.56 Å². The van der Waals surface area contributed by atoms with Crippen molar-refractivity contribution in [2.45, 2.75) is 13.0 Å². The van der Waals surface area contributed by atoms with E-state index < -0.39 is 0 Å². The molecular formula is C14H22BrNO3. The zero-order valence-electron chi connectivity index (χ0n) is 11.6. The maximum atomic E-state index is 5.65. The van der Waals surface area contributed by atoms with E-state index in [1.807, 2.05) is 25.2 Å². The molecule has 0 heterocycles. The number of rotatable bonds is 10. The SMILES string of the molecule is CNCc1cc(OCCOCCCOC)ccc1Br. The molecule has 0 saturated heterocycles. The second-order valence-electron chi connectivity index (χ2n) is 4.09. The normalized spacial score (nSPS) is 10.7. The van der Waals surface area contributed by atoms with Crippen LogP contribution in [-0.2, 0) is 16.0 Å². The molecule has 0 atom stereocenters. The summed E-state index contributed by atoms with van der Waals surface area (Å²) >= 11 is 3.52. The second kappa shape index (κ2) is 10.2.